The lowest BCUT2D eigenvalue weighted by atomic mass is 9.82. The van der Waals surface area contributed by atoms with E-state index in [0.29, 0.717) is 15.1 Å². The predicted octanol–water partition coefficient (Wildman–Crippen LogP) is 4.51. The zero-order chi connectivity index (χ0) is 12.7. The lowest BCUT2D eigenvalue weighted by molar-refractivity contribution is 0.318. The van der Waals surface area contributed by atoms with Gasteiger partial charge in [-0.15, -0.1) is 0 Å². The zero-order valence-corrected chi connectivity index (χ0v) is 12.4. The first-order chi connectivity index (χ1) is 7.16. The van der Waals surface area contributed by atoms with Crippen molar-refractivity contribution in [2.24, 2.45) is 11.1 Å². The molecular weight excluding hydrogens is 313 g/mol. The zero-order valence-electron chi connectivity index (χ0n) is 9.31. The second-order valence-corrected chi connectivity index (χ2v) is 6.40. The Bertz CT molecular complexity index is 389. The van der Waals surface area contributed by atoms with Crippen molar-refractivity contribution in [1.82, 2.24) is 0 Å². The van der Waals surface area contributed by atoms with Crippen LogP contribution in [0.5, 0.6) is 5.75 Å². The smallest absolute Gasteiger partial charge is 0.140 e. The summed E-state index contributed by atoms with van der Waals surface area (Å²) in [5, 5.41) is 10.6. The molecule has 0 radical (unpaired) electrons. The molecule has 0 aliphatic heterocycles. The third-order valence-corrected chi connectivity index (χ3v) is 3.97. The van der Waals surface area contributed by atoms with Crippen LogP contribution in [0.15, 0.2) is 10.5 Å². The van der Waals surface area contributed by atoms with Gasteiger partial charge in [0.25, 0.3) is 0 Å². The van der Waals surface area contributed by atoms with Crippen LogP contribution in [0.25, 0.3) is 0 Å². The topological polar surface area (TPSA) is 46.2 Å². The summed E-state index contributed by atoms with van der Waals surface area (Å²) in [6.07, 6.45) is 0. The van der Waals surface area contributed by atoms with E-state index in [2.05, 4.69) is 15.9 Å². The second-order valence-electron chi connectivity index (χ2n) is 4.76. The standard InChI is InChI=1S/C11H14BrCl2NO/c1-11(2,3)10(15)7-8(14)5(12)4-6(13)9(7)16/h4,10,16H,15H2,1-3H3. The maximum absolute atomic E-state index is 9.92. The van der Waals surface area contributed by atoms with Gasteiger partial charge < -0.3 is 10.8 Å². The fourth-order valence-electron chi connectivity index (χ4n) is 1.32. The van der Waals surface area contributed by atoms with Crippen molar-refractivity contribution < 1.29 is 5.11 Å². The Morgan fingerprint density at radius 1 is 1.38 bits per heavy atom. The van der Waals surface area contributed by atoms with Crippen molar-refractivity contribution in [3.05, 3.63) is 26.1 Å². The van der Waals surface area contributed by atoms with Crippen molar-refractivity contribution in [2.75, 3.05) is 0 Å². The average Bonchev–Trinajstić information content (AvgIpc) is 2.13. The molecule has 3 N–H and O–H groups in total. The molecule has 0 saturated carbocycles. The van der Waals surface area contributed by atoms with Gasteiger partial charge >= 0.3 is 0 Å². The monoisotopic (exact) mass is 325 g/mol. The normalized spacial score (nSPS) is 13.9. The number of nitrogens with two attached hydrogens (primary N) is 1. The molecule has 1 atom stereocenters. The number of aromatic hydroxyl groups is 1. The summed E-state index contributed by atoms with van der Waals surface area (Å²) in [4.78, 5) is 0. The molecule has 5 heteroatoms. The molecule has 0 aromatic heterocycles. The maximum Gasteiger partial charge on any atom is 0.140 e. The van der Waals surface area contributed by atoms with Crippen LogP contribution in [-0.2, 0) is 0 Å². The maximum atomic E-state index is 9.92. The van der Waals surface area contributed by atoms with Crippen LogP contribution >= 0.6 is 39.1 Å². The van der Waals surface area contributed by atoms with Gasteiger partial charge in [0.1, 0.15) is 5.75 Å². The van der Waals surface area contributed by atoms with Gasteiger partial charge in [-0.3, -0.25) is 0 Å². The van der Waals surface area contributed by atoms with E-state index in [9.17, 15) is 5.11 Å². The number of rotatable bonds is 1. The van der Waals surface area contributed by atoms with Gasteiger partial charge in [-0.25, -0.2) is 0 Å². The minimum Gasteiger partial charge on any atom is -0.506 e. The Morgan fingerprint density at radius 2 is 1.88 bits per heavy atom. The van der Waals surface area contributed by atoms with Crippen LogP contribution in [0.2, 0.25) is 10.0 Å². The van der Waals surface area contributed by atoms with Crippen LogP contribution in [-0.4, -0.2) is 5.11 Å². The van der Waals surface area contributed by atoms with E-state index < -0.39 is 6.04 Å². The number of halogens is 3. The average molecular weight is 327 g/mol. The molecule has 0 aliphatic rings. The lowest BCUT2D eigenvalue weighted by Gasteiger charge is -2.29. The summed E-state index contributed by atoms with van der Waals surface area (Å²) in [5.41, 5.74) is 6.35. The predicted molar refractivity (Wildman–Crippen MR) is 72.2 cm³/mol. The molecule has 1 rings (SSSR count). The summed E-state index contributed by atoms with van der Waals surface area (Å²) in [6, 6.07) is 1.16. The fourth-order valence-corrected chi connectivity index (χ4v) is 2.37. The van der Waals surface area contributed by atoms with Gasteiger partial charge in [0.2, 0.25) is 0 Å². The first-order valence-corrected chi connectivity index (χ1v) is 6.33. The molecule has 2 nitrogen and oxygen atoms in total. The summed E-state index contributed by atoms with van der Waals surface area (Å²) in [5.74, 6) is -0.0442. The van der Waals surface area contributed by atoms with E-state index in [-0.39, 0.29) is 16.2 Å². The molecule has 0 fully saturated rings. The molecule has 0 spiro atoms. The Kier molecular flexibility index (Phi) is 4.17. The molecule has 0 amide bonds. The highest BCUT2D eigenvalue weighted by Crippen LogP contribution is 2.45. The molecule has 0 saturated heterocycles. The number of phenolic OH excluding ortho intramolecular Hbond substituents is 1. The molecule has 1 aromatic rings. The first-order valence-electron chi connectivity index (χ1n) is 4.78. The molecule has 90 valence electrons. The Morgan fingerprint density at radius 3 is 2.31 bits per heavy atom. The summed E-state index contributed by atoms with van der Waals surface area (Å²) in [7, 11) is 0. The van der Waals surface area contributed by atoms with Crippen molar-refractivity contribution in [3.63, 3.8) is 0 Å². The lowest BCUT2D eigenvalue weighted by Crippen LogP contribution is -2.26. The second kappa shape index (κ2) is 4.73. The van der Waals surface area contributed by atoms with Crippen molar-refractivity contribution in [1.29, 1.82) is 0 Å². The Hall–Kier alpha value is 0.0400. The number of benzene rings is 1. The molecule has 1 unspecified atom stereocenters. The van der Waals surface area contributed by atoms with Crippen molar-refractivity contribution >= 4 is 39.1 Å². The third-order valence-electron chi connectivity index (χ3n) is 2.42. The molecule has 0 bridgehead atoms. The third kappa shape index (κ3) is 2.65. The van der Waals surface area contributed by atoms with Gasteiger partial charge in [-0.05, 0) is 27.4 Å². The van der Waals surface area contributed by atoms with Crippen molar-refractivity contribution in [2.45, 2.75) is 26.8 Å². The number of hydrogen-bond donors (Lipinski definition) is 2. The highest BCUT2D eigenvalue weighted by atomic mass is 79.9. The highest BCUT2D eigenvalue weighted by molar-refractivity contribution is 9.10. The number of phenols is 1. The highest BCUT2D eigenvalue weighted by Gasteiger charge is 2.29. The minimum absolute atomic E-state index is 0.0442. The molecular formula is C11H14BrCl2NO. The molecule has 16 heavy (non-hydrogen) atoms. The van der Waals surface area contributed by atoms with Gasteiger partial charge in [0, 0.05) is 16.1 Å². The van der Waals surface area contributed by atoms with E-state index >= 15 is 0 Å². The largest absolute Gasteiger partial charge is 0.506 e. The van der Waals surface area contributed by atoms with E-state index in [4.69, 9.17) is 28.9 Å². The van der Waals surface area contributed by atoms with E-state index in [1.165, 1.54) is 0 Å². The van der Waals surface area contributed by atoms with Crippen LogP contribution in [0, 0.1) is 5.41 Å². The fraction of sp³-hybridized carbons (Fsp3) is 0.455. The van der Waals surface area contributed by atoms with Gasteiger partial charge in [0.15, 0.2) is 0 Å². The van der Waals surface area contributed by atoms with E-state index in [0.717, 1.165) is 0 Å². The van der Waals surface area contributed by atoms with Crippen LogP contribution in [0.1, 0.15) is 32.4 Å². The van der Waals surface area contributed by atoms with E-state index in [1.54, 1.807) is 6.07 Å². The summed E-state index contributed by atoms with van der Waals surface area (Å²) in [6.45, 7) is 5.92. The van der Waals surface area contributed by atoms with Gasteiger partial charge in [0.05, 0.1) is 10.0 Å². The molecule has 0 aliphatic carbocycles. The molecule has 0 heterocycles. The Balaban J connectivity index is 3.44. The van der Waals surface area contributed by atoms with Gasteiger partial charge in [-0.1, -0.05) is 44.0 Å². The van der Waals surface area contributed by atoms with Gasteiger partial charge in [-0.2, -0.15) is 0 Å². The number of hydrogen-bond acceptors (Lipinski definition) is 2. The summed E-state index contributed by atoms with van der Waals surface area (Å²) >= 11 is 15.3. The SMILES string of the molecule is CC(C)(C)C(N)c1c(O)c(Cl)cc(Br)c1Cl. The quantitative estimate of drug-likeness (QED) is 0.746. The van der Waals surface area contributed by atoms with Crippen LogP contribution < -0.4 is 5.73 Å². The molecule has 1 aromatic carbocycles. The minimum atomic E-state index is -0.394. The van der Waals surface area contributed by atoms with Crippen LogP contribution in [0.4, 0.5) is 0 Å². The first kappa shape index (κ1) is 14.1. The van der Waals surface area contributed by atoms with Crippen molar-refractivity contribution in [3.8, 4) is 5.75 Å². The summed E-state index contributed by atoms with van der Waals surface area (Å²) < 4.78 is 0.631. The van der Waals surface area contributed by atoms with E-state index in [1.807, 2.05) is 20.8 Å². The van der Waals surface area contributed by atoms with Crippen LogP contribution in [0.3, 0.4) is 0 Å². The Labute approximate surface area is 114 Å².